The molecule has 9 heteroatoms. The zero-order chi connectivity index (χ0) is 25.7. The maximum atomic E-state index is 13.3. The van der Waals surface area contributed by atoms with E-state index in [4.69, 9.17) is 25.8 Å². The highest BCUT2D eigenvalue weighted by atomic mass is 35.5. The van der Waals surface area contributed by atoms with Crippen molar-refractivity contribution in [2.24, 2.45) is 0 Å². The first-order chi connectivity index (χ1) is 17.4. The summed E-state index contributed by atoms with van der Waals surface area (Å²) in [6.45, 7) is 2.48. The Bertz CT molecular complexity index is 1340. The van der Waals surface area contributed by atoms with Crippen molar-refractivity contribution >= 4 is 41.2 Å². The van der Waals surface area contributed by atoms with E-state index in [1.165, 1.54) is 13.2 Å². The number of barbiturate groups is 1. The van der Waals surface area contributed by atoms with Crippen molar-refractivity contribution in [3.05, 3.63) is 88.5 Å². The van der Waals surface area contributed by atoms with E-state index in [9.17, 15) is 14.4 Å². The third kappa shape index (κ3) is 5.34. The van der Waals surface area contributed by atoms with Crippen molar-refractivity contribution in [3.63, 3.8) is 0 Å². The summed E-state index contributed by atoms with van der Waals surface area (Å²) in [6.07, 6.45) is 1.38. The van der Waals surface area contributed by atoms with Gasteiger partial charge in [0, 0.05) is 22.2 Å². The van der Waals surface area contributed by atoms with Crippen LogP contribution in [0.3, 0.4) is 0 Å². The number of hydrogen-bond acceptors (Lipinski definition) is 6. The van der Waals surface area contributed by atoms with Gasteiger partial charge in [-0.2, -0.15) is 0 Å². The molecule has 1 aliphatic rings. The molecule has 3 aromatic carbocycles. The van der Waals surface area contributed by atoms with Gasteiger partial charge in [0.05, 0.1) is 19.4 Å². The number of imide groups is 2. The van der Waals surface area contributed by atoms with Crippen LogP contribution < -0.4 is 24.4 Å². The van der Waals surface area contributed by atoms with Gasteiger partial charge in [0.25, 0.3) is 11.8 Å². The first-order valence-electron chi connectivity index (χ1n) is 11.1. The number of carbonyl (C=O) groups excluding carboxylic acids is 3. The van der Waals surface area contributed by atoms with Gasteiger partial charge in [0.15, 0.2) is 0 Å². The summed E-state index contributed by atoms with van der Waals surface area (Å²) in [7, 11) is 1.52. The molecule has 1 N–H and O–H groups in total. The molecule has 36 heavy (non-hydrogen) atoms. The fourth-order valence-electron chi connectivity index (χ4n) is 3.56. The largest absolute Gasteiger partial charge is 0.497 e. The van der Waals surface area contributed by atoms with Crippen LogP contribution in [0, 0.1) is 0 Å². The molecule has 4 amide bonds. The van der Waals surface area contributed by atoms with Gasteiger partial charge in [0.2, 0.25) is 0 Å². The SMILES string of the molecule is CCOc1ccc(N2C(=O)NC(=O)/C(=C\c3ccc(OC)cc3OCc3ccccc3Cl)C2=O)cc1. The van der Waals surface area contributed by atoms with Crippen molar-refractivity contribution in [2.45, 2.75) is 13.5 Å². The Kier molecular flexibility index (Phi) is 7.56. The normalized spacial score (nSPS) is 14.6. The zero-order valence-electron chi connectivity index (χ0n) is 19.6. The van der Waals surface area contributed by atoms with Crippen LogP contribution in [0.25, 0.3) is 6.08 Å². The topological polar surface area (TPSA) is 94.2 Å². The molecule has 1 fully saturated rings. The quantitative estimate of drug-likeness (QED) is 0.341. The van der Waals surface area contributed by atoms with Crippen molar-refractivity contribution < 1.29 is 28.6 Å². The molecule has 184 valence electrons. The summed E-state index contributed by atoms with van der Waals surface area (Å²) in [5.41, 5.74) is 1.28. The number of carbonyl (C=O) groups is 3. The van der Waals surface area contributed by atoms with Gasteiger partial charge in [-0.05, 0) is 55.5 Å². The van der Waals surface area contributed by atoms with Crippen molar-refractivity contribution in [3.8, 4) is 17.2 Å². The van der Waals surface area contributed by atoms with Gasteiger partial charge in [-0.1, -0.05) is 29.8 Å². The molecular weight excluding hydrogens is 484 g/mol. The lowest BCUT2D eigenvalue weighted by atomic mass is 10.1. The highest BCUT2D eigenvalue weighted by Crippen LogP contribution is 2.30. The molecule has 1 aliphatic heterocycles. The van der Waals surface area contributed by atoms with Crippen LogP contribution in [0.1, 0.15) is 18.1 Å². The molecule has 0 spiro atoms. The van der Waals surface area contributed by atoms with E-state index in [2.05, 4.69) is 5.32 Å². The highest BCUT2D eigenvalue weighted by molar-refractivity contribution is 6.39. The second kappa shape index (κ2) is 11.0. The lowest BCUT2D eigenvalue weighted by molar-refractivity contribution is -0.122. The van der Waals surface area contributed by atoms with Gasteiger partial charge in [-0.25, -0.2) is 9.69 Å². The van der Waals surface area contributed by atoms with Crippen LogP contribution in [0.15, 0.2) is 72.3 Å². The van der Waals surface area contributed by atoms with Crippen molar-refractivity contribution in [1.82, 2.24) is 5.32 Å². The van der Waals surface area contributed by atoms with E-state index in [0.29, 0.717) is 40.1 Å². The maximum Gasteiger partial charge on any atom is 0.335 e. The molecule has 0 aliphatic carbocycles. The summed E-state index contributed by atoms with van der Waals surface area (Å²) in [6, 6.07) is 17.8. The number of benzene rings is 3. The molecule has 0 radical (unpaired) electrons. The molecule has 0 saturated carbocycles. The average Bonchev–Trinajstić information content (AvgIpc) is 2.87. The van der Waals surface area contributed by atoms with E-state index in [-0.39, 0.29) is 12.2 Å². The predicted molar refractivity (Wildman–Crippen MR) is 135 cm³/mol. The van der Waals surface area contributed by atoms with Crippen LogP contribution in [0.2, 0.25) is 5.02 Å². The average molecular weight is 507 g/mol. The van der Waals surface area contributed by atoms with E-state index in [1.807, 2.05) is 25.1 Å². The second-order valence-electron chi connectivity index (χ2n) is 7.67. The lowest BCUT2D eigenvalue weighted by Crippen LogP contribution is -2.54. The van der Waals surface area contributed by atoms with E-state index in [1.54, 1.807) is 48.5 Å². The summed E-state index contributed by atoms with van der Waals surface area (Å²) in [4.78, 5) is 39.4. The number of nitrogens with zero attached hydrogens (tertiary/aromatic N) is 1. The van der Waals surface area contributed by atoms with Gasteiger partial charge < -0.3 is 14.2 Å². The highest BCUT2D eigenvalue weighted by Gasteiger charge is 2.37. The van der Waals surface area contributed by atoms with E-state index in [0.717, 1.165) is 10.5 Å². The van der Waals surface area contributed by atoms with Gasteiger partial charge >= 0.3 is 6.03 Å². The Balaban J connectivity index is 1.66. The number of anilines is 1. The number of urea groups is 1. The Labute approximate surface area is 213 Å². The van der Waals surface area contributed by atoms with Gasteiger partial charge in [0.1, 0.15) is 29.4 Å². The number of halogens is 1. The number of nitrogens with one attached hydrogen (secondary N) is 1. The summed E-state index contributed by atoms with van der Waals surface area (Å²) in [5.74, 6) is -0.0823. The number of rotatable bonds is 8. The fraction of sp³-hybridized carbons (Fsp3) is 0.148. The smallest absolute Gasteiger partial charge is 0.335 e. The lowest BCUT2D eigenvalue weighted by Gasteiger charge is -2.26. The predicted octanol–water partition coefficient (Wildman–Crippen LogP) is 4.99. The maximum absolute atomic E-state index is 13.3. The first-order valence-corrected chi connectivity index (χ1v) is 11.5. The van der Waals surface area contributed by atoms with Gasteiger partial charge in [-0.15, -0.1) is 0 Å². The van der Waals surface area contributed by atoms with Gasteiger partial charge in [-0.3, -0.25) is 14.9 Å². The molecule has 3 aromatic rings. The third-order valence-electron chi connectivity index (χ3n) is 5.37. The van der Waals surface area contributed by atoms with Crippen LogP contribution in [-0.4, -0.2) is 31.6 Å². The fourth-order valence-corrected chi connectivity index (χ4v) is 3.75. The summed E-state index contributed by atoms with van der Waals surface area (Å²) >= 11 is 6.24. The van der Waals surface area contributed by atoms with Crippen molar-refractivity contribution in [2.75, 3.05) is 18.6 Å². The van der Waals surface area contributed by atoms with E-state index < -0.39 is 17.8 Å². The summed E-state index contributed by atoms with van der Waals surface area (Å²) < 4.78 is 16.7. The molecule has 0 aromatic heterocycles. The molecule has 8 nitrogen and oxygen atoms in total. The molecule has 0 atom stereocenters. The first kappa shape index (κ1) is 24.8. The minimum Gasteiger partial charge on any atom is -0.497 e. The molecule has 0 unspecified atom stereocenters. The van der Waals surface area contributed by atoms with Crippen LogP contribution in [0.4, 0.5) is 10.5 Å². The summed E-state index contributed by atoms with van der Waals surface area (Å²) in [5, 5.41) is 2.77. The molecule has 0 bridgehead atoms. The Morgan fingerprint density at radius 1 is 0.944 bits per heavy atom. The molecule has 1 saturated heterocycles. The van der Waals surface area contributed by atoms with Crippen LogP contribution >= 0.6 is 11.6 Å². The van der Waals surface area contributed by atoms with E-state index >= 15 is 0 Å². The Morgan fingerprint density at radius 3 is 2.36 bits per heavy atom. The van der Waals surface area contributed by atoms with Crippen LogP contribution in [0.5, 0.6) is 17.2 Å². The van der Waals surface area contributed by atoms with Crippen LogP contribution in [-0.2, 0) is 16.2 Å². The monoisotopic (exact) mass is 506 g/mol. The third-order valence-corrected chi connectivity index (χ3v) is 5.74. The minimum atomic E-state index is -0.837. The molecule has 1 heterocycles. The zero-order valence-corrected chi connectivity index (χ0v) is 20.4. The standard InChI is InChI=1S/C27H23ClN2O6/c1-3-35-20-12-9-19(10-13-20)30-26(32)22(25(31)29-27(30)33)14-17-8-11-21(34-2)15-24(17)36-16-18-6-4-5-7-23(18)28/h4-15H,3,16H2,1-2H3,(H,29,31,33)/b22-14+. The van der Waals surface area contributed by atoms with Crippen molar-refractivity contribution in [1.29, 1.82) is 0 Å². The molecule has 4 rings (SSSR count). The number of ether oxygens (including phenoxy) is 3. The molecular formula is C27H23ClN2O6. The number of amides is 4. The minimum absolute atomic E-state index is 0.153. The Morgan fingerprint density at radius 2 is 1.67 bits per heavy atom. The number of hydrogen-bond donors (Lipinski definition) is 1. The Hall–Kier alpha value is -4.30. The second-order valence-corrected chi connectivity index (χ2v) is 8.08. The number of methoxy groups -OCH3 is 1.